The van der Waals surface area contributed by atoms with Crippen LogP contribution in [0.1, 0.15) is 18.5 Å². The lowest BCUT2D eigenvalue weighted by atomic mass is 10.1. The van der Waals surface area contributed by atoms with Crippen LogP contribution in [0.3, 0.4) is 0 Å². The quantitative estimate of drug-likeness (QED) is 0.666. The molecule has 0 aliphatic rings. The number of benzene rings is 1. The van der Waals surface area contributed by atoms with Gasteiger partial charge in [-0.05, 0) is 5.56 Å². The molecule has 0 radical (unpaired) electrons. The molecule has 0 heterocycles. The minimum atomic E-state index is -3.14. The second kappa shape index (κ2) is 8.38. The Kier molecular flexibility index (Phi) is 6.84. The Morgan fingerprint density at radius 1 is 1.18 bits per heavy atom. The largest absolute Gasteiger partial charge is 0.357 e. The smallest absolute Gasteiger partial charge is 0.315 e. The number of hydrogen-bond acceptors (Lipinski definition) is 4. The van der Waals surface area contributed by atoms with E-state index in [1.165, 1.54) is 7.05 Å². The number of amides is 3. The first-order valence-corrected chi connectivity index (χ1v) is 8.73. The van der Waals surface area contributed by atoms with Crippen molar-refractivity contribution in [3.8, 4) is 0 Å². The normalized spacial score (nSPS) is 12.3. The number of hydrogen-bond donors (Lipinski definition) is 3. The number of rotatable bonds is 7. The molecule has 0 saturated heterocycles. The van der Waals surface area contributed by atoms with Gasteiger partial charge in [0.1, 0.15) is 6.04 Å². The van der Waals surface area contributed by atoms with E-state index in [0.29, 0.717) is 5.56 Å². The third kappa shape index (κ3) is 5.72. The van der Waals surface area contributed by atoms with Gasteiger partial charge in [-0.1, -0.05) is 37.3 Å². The standard InChI is InChI=1S/C14H21N3O4S/c1-3-22(20,21)10-9-16-14(19)17-12(13(18)15-2)11-7-5-4-6-8-11/h4-8,12H,3,9-10H2,1-2H3,(H,15,18)(H2,16,17,19)/t12-/m1/s1. The van der Waals surface area contributed by atoms with E-state index in [-0.39, 0.29) is 24.0 Å². The highest BCUT2D eigenvalue weighted by atomic mass is 32.2. The van der Waals surface area contributed by atoms with Crippen LogP contribution in [0.4, 0.5) is 4.79 Å². The molecule has 0 aliphatic carbocycles. The van der Waals surface area contributed by atoms with Crippen molar-refractivity contribution in [2.24, 2.45) is 0 Å². The van der Waals surface area contributed by atoms with Crippen molar-refractivity contribution in [1.82, 2.24) is 16.0 Å². The average molecular weight is 327 g/mol. The van der Waals surface area contributed by atoms with Crippen LogP contribution >= 0.6 is 0 Å². The molecule has 3 amide bonds. The second-order valence-corrected chi connectivity index (χ2v) is 7.07. The van der Waals surface area contributed by atoms with E-state index in [1.807, 2.05) is 0 Å². The van der Waals surface area contributed by atoms with Gasteiger partial charge in [-0.2, -0.15) is 0 Å². The Labute approximate surface area is 130 Å². The number of carbonyl (C=O) groups is 2. The minimum Gasteiger partial charge on any atom is -0.357 e. The van der Waals surface area contributed by atoms with E-state index >= 15 is 0 Å². The highest BCUT2D eigenvalue weighted by Crippen LogP contribution is 2.12. The molecule has 22 heavy (non-hydrogen) atoms. The van der Waals surface area contributed by atoms with Crippen LogP contribution in [0, 0.1) is 0 Å². The number of nitrogens with one attached hydrogen (secondary N) is 3. The minimum absolute atomic E-state index is 0.00272. The SMILES string of the molecule is CCS(=O)(=O)CCNC(=O)N[C@@H](C(=O)NC)c1ccccc1. The van der Waals surface area contributed by atoms with E-state index in [0.717, 1.165) is 0 Å². The van der Waals surface area contributed by atoms with E-state index in [1.54, 1.807) is 37.3 Å². The topological polar surface area (TPSA) is 104 Å². The van der Waals surface area contributed by atoms with Crippen LogP contribution in [0.15, 0.2) is 30.3 Å². The van der Waals surface area contributed by atoms with Gasteiger partial charge in [0.15, 0.2) is 9.84 Å². The zero-order valence-corrected chi connectivity index (χ0v) is 13.4. The summed E-state index contributed by atoms with van der Waals surface area (Å²) in [6, 6.07) is 7.35. The molecule has 1 atom stereocenters. The lowest BCUT2D eigenvalue weighted by Gasteiger charge is -2.18. The van der Waals surface area contributed by atoms with Crippen LogP contribution in [0.25, 0.3) is 0 Å². The molecular weight excluding hydrogens is 306 g/mol. The van der Waals surface area contributed by atoms with Crippen LogP contribution in [-0.2, 0) is 14.6 Å². The first kappa shape index (κ1) is 18.0. The molecule has 0 fully saturated rings. The van der Waals surface area contributed by atoms with Gasteiger partial charge in [0.2, 0.25) is 5.91 Å². The van der Waals surface area contributed by atoms with Crippen molar-refractivity contribution in [2.45, 2.75) is 13.0 Å². The molecule has 0 unspecified atom stereocenters. The number of carbonyl (C=O) groups excluding carboxylic acids is 2. The summed E-state index contributed by atoms with van der Waals surface area (Å²) >= 11 is 0. The fourth-order valence-corrected chi connectivity index (χ4v) is 2.44. The third-order valence-electron chi connectivity index (χ3n) is 3.06. The van der Waals surface area contributed by atoms with Crippen LogP contribution in [0.2, 0.25) is 0 Å². The first-order valence-electron chi connectivity index (χ1n) is 6.91. The van der Waals surface area contributed by atoms with Gasteiger partial charge in [-0.15, -0.1) is 0 Å². The molecule has 0 spiro atoms. The third-order valence-corrected chi connectivity index (χ3v) is 4.76. The zero-order chi connectivity index (χ0) is 16.6. The average Bonchev–Trinajstić information content (AvgIpc) is 2.52. The molecule has 8 heteroatoms. The molecule has 3 N–H and O–H groups in total. The summed E-state index contributed by atoms with van der Waals surface area (Å²) in [5, 5.41) is 7.46. The predicted octanol–water partition coefficient (Wildman–Crippen LogP) is 0.208. The first-order chi connectivity index (χ1) is 10.4. The molecule has 1 aromatic carbocycles. The van der Waals surface area contributed by atoms with Gasteiger partial charge in [0, 0.05) is 19.3 Å². The molecule has 122 valence electrons. The van der Waals surface area contributed by atoms with Crippen LogP contribution in [-0.4, -0.2) is 45.5 Å². The molecule has 1 rings (SSSR count). The van der Waals surface area contributed by atoms with Gasteiger partial charge in [0.25, 0.3) is 0 Å². The lowest BCUT2D eigenvalue weighted by molar-refractivity contribution is -0.122. The van der Waals surface area contributed by atoms with E-state index < -0.39 is 21.9 Å². The Balaban J connectivity index is 2.63. The maximum absolute atomic E-state index is 11.9. The van der Waals surface area contributed by atoms with Gasteiger partial charge < -0.3 is 16.0 Å². The monoisotopic (exact) mass is 327 g/mol. The molecule has 0 saturated carbocycles. The Morgan fingerprint density at radius 3 is 2.36 bits per heavy atom. The summed E-state index contributed by atoms with van der Waals surface area (Å²) in [6.07, 6.45) is 0. The van der Waals surface area contributed by atoms with Crippen LogP contribution < -0.4 is 16.0 Å². The van der Waals surface area contributed by atoms with Gasteiger partial charge in [0.05, 0.1) is 5.75 Å². The highest BCUT2D eigenvalue weighted by Gasteiger charge is 2.21. The Hall–Kier alpha value is -2.09. The maximum atomic E-state index is 11.9. The molecule has 1 aromatic rings. The summed E-state index contributed by atoms with van der Waals surface area (Å²) in [5.74, 6) is -0.462. The fourth-order valence-electron chi connectivity index (χ4n) is 1.74. The predicted molar refractivity (Wildman–Crippen MR) is 84.1 cm³/mol. The van der Waals surface area contributed by atoms with Crippen molar-refractivity contribution >= 4 is 21.8 Å². The number of sulfone groups is 1. The van der Waals surface area contributed by atoms with Gasteiger partial charge >= 0.3 is 6.03 Å². The summed E-state index contributed by atoms with van der Waals surface area (Å²) < 4.78 is 22.7. The number of urea groups is 1. The van der Waals surface area contributed by atoms with E-state index in [2.05, 4.69) is 16.0 Å². The van der Waals surface area contributed by atoms with Crippen molar-refractivity contribution in [1.29, 1.82) is 0 Å². The van der Waals surface area contributed by atoms with E-state index in [4.69, 9.17) is 0 Å². The second-order valence-electron chi connectivity index (χ2n) is 4.59. The summed E-state index contributed by atoms with van der Waals surface area (Å²) in [5.41, 5.74) is 0.637. The fraction of sp³-hybridized carbons (Fsp3) is 0.429. The van der Waals surface area contributed by atoms with Crippen LogP contribution in [0.5, 0.6) is 0 Å². The van der Waals surface area contributed by atoms with Crippen molar-refractivity contribution < 1.29 is 18.0 Å². The Morgan fingerprint density at radius 2 is 1.82 bits per heavy atom. The maximum Gasteiger partial charge on any atom is 0.315 e. The molecular formula is C14H21N3O4S. The van der Waals surface area contributed by atoms with Gasteiger partial charge in [-0.3, -0.25) is 4.79 Å². The van der Waals surface area contributed by atoms with Crippen molar-refractivity contribution in [3.63, 3.8) is 0 Å². The molecule has 0 aliphatic heterocycles. The molecule has 7 nitrogen and oxygen atoms in total. The van der Waals surface area contributed by atoms with Crippen molar-refractivity contribution in [3.05, 3.63) is 35.9 Å². The van der Waals surface area contributed by atoms with Crippen molar-refractivity contribution in [2.75, 3.05) is 25.1 Å². The van der Waals surface area contributed by atoms with E-state index in [9.17, 15) is 18.0 Å². The zero-order valence-electron chi connectivity index (χ0n) is 12.6. The summed E-state index contributed by atoms with van der Waals surface area (Å²) in [4.78, 5) is 23.7. The molecule has 0 bridgehead atoms. The summed E-state index contributed by atoms with van der Waals surface area (Å²) in [6.45, 7) is 1.55. The number of likely N-dealkylation sites (N-methyl/N-ethyl adjacent to an activating group) is 1. The Bertz CT molecular complexity index is 602. The van der Waals surface area contributed by atoms with Gasteiger partial charge in [-0.25, -0.2) is 13.2 Å². The highest BCUT2D eigenvalue weighted by molar-refractivity contribution is 7.91. The molecule has 0 aromatic heterocycles. The summed E-state index contributed by atoms with van der Waals surface area (Å²) in [7, 11) is -1.66. The lowest BCUT2D eigenvalue weighted by Crippen LogP contribution is -2.44.